The summed E-state index contributed by atoms with van der Waals surface area (Å²) in [6.07, 6.45) is 10.1. The molecule has 33 heavy (non-hydrogen) atoms. The van der Waals surface area contributed by atoms with E-state index in [1.54, 1.807) is 29.2 Å². The van der Waals surface area contributed by atoms with Crippen LogP contribution in [0.2, 0.25) is 5.02 Å². The zero-order valence-electron chi connectivity index (χ0n) is 18.5. The second-order valence-electron chi connectivity index (χ2n) is 8.57. The molecule has 1 saturated heterocycles. The minimum absolute atomic E-state index is 0.146. The molecule has 1 aliphatic carbocycles. The van der Waals surface area contributed by atoms with Crippen LogP contribution in [0.25, 0.3) is 6.08 Å². The van der Waals surface area contributed by atoms with Gasteiger partial charge in [0.25, 0.3) is 5.91 Å². The number of carbonyl (C=O) groups excluding carboxylic acids is 3. The molecule has 4 rings (SSSR count). The van der Waals surface area contributed by atoms with E-state index >= 15 is 0 Å². The molecule has 0 spiro atoms. The number of nitrogens with one attached hydrogen (secondary N) is 2. The molecule has 7 heteroatoms. The molecular weight excluding hydrogens is 438 g/mol. The molecule has 6 nitrogen and oxygen atoms in total. The quantitative estimate of drug-likeness (QED) is 0.577. The van der Waals surface area contributed by atoms with Gasteiger partial charge in [-0.2, -0.15) is 0 Å². The van der Waals surface area contributed by atoms with Crippen LogP contribution in [0.5, 0.6) is 0 Å². The average Bonchev–Trinajstić information content (AvgIpc) is 3.25. The van der Waals surface area contributed by atoms with E-state index in [1.807, 2.05) is 24.3 Å². The third-order valence-electron chi connectivity index (χ3n) is 6.12. The number of hydrogen-bond acceptors (Lipinski definition) is 3. The molecule has 172 valence electrons. The van der Waals surface area contributed by atoms with Gasteiger partial charge in [-0.05, 0) is 61.2 Å². The van der Waals surface area contributed by atoms with Crippen molar-refractivity contribution in [3.05, 3.63) is 64.7 Å². The first kappa shape index (κ1) is 23.1. The first-order chi connectivity index (χ1) is 16.0. The Morgan fingerprint density at radius 2 is 1.76 bits per heavy atom. The number of amides is 3. The molecule has 2 N–H and O–H groups in total. The van der Waals surface area contributed by atoms with E-state index in [0.29, 0.717) is 22.7 Å². The van der Waals surface area contributed by atoms with Crippen LogP contribution in [0, 0.1) is 0 Å². The molecule has 2 fully saturated rings. The summed E-state index contributed by atoms with van der Waals surface area (Å²) in [4.78, 5) is 38.7. The van der Waals surface area contributed by atoms with Crippen LogP contribution in [-0.4, -0.2) is 30.3 Å². The van der Waals surface area contributed by atoms with Crippen LogP contribution in [0.1, 0.15) is 60.9 Å². The lowest BCUT2D eigenvalue weighted by molar-refractivity contribution is -0.117. The fraction of sp³-hybridized carbons (Fsp3) is 0.346. The van der Waals surface area contributed by atoms with E-state index in [1.165, 1.54) is 12.5 Å². The summed E-state index contributed by atoms with van der Waals surface area (Å²) in [6, 6.07) is 12.6. The summed E-state index contributed by atoms with van der Waals surface area (Å²) in [5.74, 6) is -0.378. The van der Waals surface area contributed by atoms with Gasteiger partial charge in [0, 0.05) is 36.5 Å². The highest BCUT2D eigenvalue weighted by atomic mass is 35.5. The Bertz CT molecular complexity index is 1060. The first-order valence-corrected chi connectivity index (χ1v) is 11.9. The van der Waals surface area contributed by atoms with Gasteiger partial charge in [0.15, 0.2) is 0 Å². The van der Waals surface area contributed by atoms with Gasteiger partial charge in [-0.25, -0.2) is 0 Å². The molecule has 0 unspecified atom stereocenters. The van der Waals surface area contributed by atoms with Crippen molar-refractivity contribution < 1.29 is 14.4 Å². The maximum absolute atomic E-state index is 12.7. The number of benzene rings is 2. The molecule has 0 aromatic heterocycles. The van der Waals surface area contributed by atoms with Gasteiger partial charge in [-0.3, -0.25) is 14.4 Å². The van der Waals surface area contributed by atoms with Crippen LogP contribution >= 0.6 is 11.6 Å². The number of halogens is 1. The van der Waals surface area contributed by atoms with Crippen LogP contribution in [0.15, 0.2) is 48.5 Å². The van der Waals surface area contributed by atoms with E-state index < -0.39 is 0 Å². The third kappa shape index (κ3) is 6.02. The van der Waals surface area contributed by atoms with E-state index in [0.717, 1.165) is 49.9 Å². The van der Waals surface area contributed by atoms with Gasteiger partial charge in [0.1, 0.15) is 0 Å². The van der Waals surface area contributed by atoms with Crippen molar-refractivity contribution in [3.8, 4) is 0 Å². The fourth-order valence-corrected chi connectivity index (χ4v) is 4.53. The topological polar surface area (TPSA) is 78.5 Å². The monoisotopic (exact) mass is 465 g/mol. The summed E-state index contributed by atoms with van der Waals surface area (Å²) in [5.41, 5.74) is 2.59. The number of hydrogen-bond donors (Lipinski definition) is 2. The van der Waals surface area contributed by atoms with Crippen LogP contribution < -0.4 is 15.5 Å². The Kier molecular flexibility index (Phi) is 7.45. The summed E-state index contributed by atoms with van der Waals surface area (Å²) in [5, 5.41) is 6.19. The van der Waals surface area contributed by atoms with E-state index in [9.17, 15) is 14.4 Å². The Hall–Kier alpha value is -3.12. The number of nitrogens with zero attached hydrogens (tertiary/aromatic N) is 1. The highest BCUT2D eigenvalue weighted by Crippen LogP contribution is 2.24. The average molecular weight is 466 g/mol. The molecule has 2 aromatic carbocycles. The molecular formula is C26H28ClN3O3. The summed E-state index contributed by atoms with van der Waals surface area (Å²) < 4.78 is 0. The molecule has 0 bridgehead atoms. The predicted octanol–water partition coefficient (Wildman–Crippen LogP) is 5.18. The van der Waals surface area contributed by atoms with Crippen molar-refractivity contribution in [1.82, 2.24) is 5.32 Å². The highest BCUT2D eigenvalue weighted by Gasteiger charge is 2.21. The molecule has 2 aliphatic rings. The van der Waals surface area contributed by atoms with Gasteiger partial charge in [-0.1, -0.05) is 43.0 Å². The first-order valence-electron chi connectivity index (χ1n) is 11.5. The normalized spacial score (nSPS) is 16.9. The van der Waals surface area contributed by atoms with E-state index in [-0.39, 0.29) is 23.8 Å². The lowest BCUT2D eigenvalue weighted by Gasteiger charge is -2.23. The zero-order chi connectivity index (χ0) is 23.2. The van der Waals surface area contributed by atoms with E-state index in [2.05, 4.69) is 10.6 Å². The smallest absolute Gasteiger partial charge is 0.253 e. The lowest BCUT2D eigenvalue weighted by Crippen LogP contribution is -2.36. The predicted molar refractivity (Wildman–Crippen MR) is 131 cm³/mol. The summed E-state index contributed by atoms with van der Waals surface area (Å²) >= 11 is 6.24. The maximum Gasteiger partial charge on any atom is 0.253 e. The lowest BCUT2D eigenvalue weighted by atomic mass is 9.95. The molecule has 0 radical (unpaired) electrons. The van der Waals surface area contributed by atoms with Crippen molar-refractivity contribution >= 4 is 46.8 Å². The van der Waals surface area contributed by atoms with Crippen LogP contribution in [-0.2, 0) is 9.59 Å². The van der Waals surface area contributed by atoms with Crippen LogP contribution in [0.4, 0.5) is 11.4 Å². The van der Waals surface area contributed by atoms with Gasteiger partial charge in [0.2, 0.25) is 11.8 Å². The third-order valence-corrected chi connectivity index (χ3v) is 6.45. The van der Waals surface area contributed by atoms with Gasteiger partial charge in [-0.15, -0.1) is 0 Å². The van der Waals surface area contributed by atoms with Crippen molar-refractivity contribution in [3.63, 3.8) is 0 Å². The van der Waals surface area contributed by atoms with Gasteiger partial charge >= 0.3 is 0 Å². The van der Waals surface area contributed by atoms with Gasteiger partial charge in [0.05, 0.1) is 10.6 Å². The minimum Gasteiger partial charge on any atom is -0.349 e. The largest absolute Gasteiger partial charge is 0.349 e. The number of rotatable bonds is 6. The van der Waals surface area contributed by atoms with E-state index in [4.69, 9.17) is 11.6 Å². The van der Waals surface area contributed by atoms with Gasteiger partial charge < -0.3 is 15.5 Å². The Morgan fingerprint density at radius 3 is 2.45 bits per heavy atom. The SMILES string of the molecule is O=C(/C=C/c1ccc(N2CCCC2=O)cc1)Nc1ccc(Cl)c(C(=O)NC2CCCCC2)c1. The van der Waals surface area contributed by atoms with Crippen molar-refractivity contribution in [1.29, 1.82) is 0 Å². The maximum atomic E-state index is 12.7. The molecule has 1 aliphatic heterocycles. The molecule has 0 atom stereocenters. The fourth-order valence-electron chi connectivity index (χ4n) is 4.33. The van der Waals surface area contributed by atoms with Crippen LogP contribution in [0.3, 0.4) is 0 Å². The highest BCUT2D eigenvalue weighted by molar-refractivity contribution is 6.34. The number of carbonyl (C=O) groups is 3. The Balaban J connectivity index is 1.36. The number of anilines is 2. The van der Waals surface area contributed by atoms with Crippen molar-refractivity contribution in [2.45, 2.75) is 51.0 Å². The summed E-state index contributed by atoms with van der Waals surface area (Å²) in [6.45, 7) is 0.748. The Labute approximate surface area is 199 Å². The molecule has 3 amide bonds. The van der Waals surface area contributed by atoms with Crippen molar-refractivity contribution in [2.24, 2.45) is 0 Å². The second kappa shape index (κ2) is 10.7. The molecule has 2 aromatic rings. The summed E-state index contributed by atoms with van der Waals surface area (Å²) in [7, 11) is 0. The standard InChI is InChI=1S/C26H28ClN3O3/c27-23-14-11-20(17-22(23)26(33)29-19-5-2-1-3-6-19)28-24(31)15-10-18-8-12-21(13-9-18)30-16-4-7-25(30)32/h8-15,17,19H,1-7,16H2,(H,28,31)(H,29,33)/b15-10+. The molecule has 1 heterocycles. The van der Waals surface area contributed by atoms with Crippen molar-refractivity contribution in [2.75, 3.05) is 16.8 Å². The Morgan fingerprint density at radius 1 is 1.00 bits per heavy atom. The minimum atomic E-state index is -0.310. The molecule has 1 saturated carbocycles. The zero-order valence-corrected chi connectivity index (χ0v) is 19.2. The second-order valence-corrected chi connectivity index (χ2v) is 8.97.